The van der Waals surface area contributed by atoms with Gasteiger partial charge in [-0.1, -0.05) is 18.2 Å². The van der Waals surface area contributed by atoms with E-state index in [4.69, 9.17) is 4.74 Å². The zero-order valence-electron chi connectivity index (χ0n) is 10.6. The van der Waals surface area contributed by atoms with E-state index in [-0.39, 0.29) is 18.8 Å². The minimum Gasteiger partial charge on any atom is -0.389 e. The van der Waals surface area contributed by atoms with E-state index in [1.807, 2.05) is 25.1 Å². The van der Waals surface area contributed by atoms with Crippen LogP contribution in [0.15, 0.2) is 35.1 Å². The first-order valence-electron chi connectivity index (χ1n) is 6.06. The number of para-hydroxylation sites is 1. The van der Waals surface area contributed by atoms with Crippen molar-refractivity contribution in [2.75, 3.05) is 13.2 Å². The van der Waals surface area contributed by atoms with Crippen LogP contribution in [-0.2, 0) is 11.3 Å². The molecule has 0 fully saturated rings. The van der Waals surface area contributed by atoms with Crippen LogP contribution in [0.2, 0.25) is 0 Å². The number of aromatic nitrogens is 4. The van der Waals surface area contributed by atoms with Gasteiger partial charge >= 0.3 is 5.69 Å². The van der Waals surface area contributed by atoms with Crippen LogP contribution in [0.1, 0.15) is 6.92 Å². The first-order chi connectivity index (χ1) is 9.22. The van der Waals surface area contributed by atoms with E-state index >= 15 is 0 Å². The Balaban J connectivity index is 2.13. The van der Waals surface area contributed by atoms with Crippen molar-refractivity contribution in [2.24, 2.45) is 0 Å². The predicted octanol–water partition coefficient (Wildman–Crippen LogP) is -0.174. The van der Waals surface area contributed by atoms with Gasteiger partial charge in [0, 0.05) is 6.61 Å². The van der Waals surface area contributed by atoms with E-state index in [0.29, 0.717) is 12.3 Å². The van der Waals surface area contributed by atoms with Crippen LogP contribution < -0.4 is 5.69 Å². The molecule has 1 atom stereocenters. The van der Waals surface area contributed by atoms with Crippen LogP contribution in [0.5, 0.6) is 0 Å². The Morgan fingerprint density at radius 1 is 1.32 bits per heavy atom. The topological polar surface area (TPSA) is 82.2 Å². The highest BCUT2D eigenvalue weighted by molar-refractivity contribution is 5.28. The minimum absolute atomic E-state index is 0.0612. The Morgan fingerprint density at radius 2 is 2.05 bits per heavy atom. The summed E-state index contributed by atoms with van der Waals surface area (Å²) in [5.74, 6) is 0. The summed E-state index contributed by atoms with van der Waals surface area (Å²) in [5, 5.41) is 17.2. The molecule has 2 aromatic rings. The lowest BCUT2D eigenvalue weighted by atomic mass is 10.3. The van der Waals surface area contributed by atoms with Gasteiger partial charge in [0.05, 0.1) is 24.9 Å². The van der Waals surface area contributed by atoms with Crippen LogP contribution >= 0.6 is 0 Å². The zero-order chi connectivity index (χ0) is 13.7. The van der Waals surface area contributed by atoms with Crippen LogP contribution in [0.25, 0.3) is 5.69 Å². The van der Waals surface area contributed by atoms with Gasteiger partial charge < -0.3 is 9.84 Å². The number of ether oxygens (including phenoxy) is 1. The Hall–Kier alpha value is -1.99. The van der Waals surface area contributed by atoms with Crippen molar-refractivity contribution in [3.05, 3.63) is 40.8 Å². The maximum atomic E-state index is 12.0. The molecule has 1 aromatic heterocycles. The Bertz CT molecular complexity index is 564. The molecule has 19 heavy (non-hydrogen) atoms. The number of aliphatic hydroxyl groups excluding tert-OH is 1. The normalized spacial score (nSPS) is 12.5. The molecule has 0 radical (unpaired) electrons. The summed E-state index contributed by atoms with van der Waals surface area (Å²) in [6, 6.07) is 8.99. The molecule has 2 rings (SSSR count). The summed E-state index contributed by atoms with van der Waals surface area (Å²) < 4.78 is 7.39. The van der Waals surface area contributed by atoms with E-state index in [2.05, 4.69) is 10.4 Å². The van der Waals surface area contributed by atoms with Crippen molar-refractivity contribution < 1.29 is 9.84 Å². The molecule has 0 bridgehead atoms. The second-order valence-electron chi connectivity index (χ2n) is 4.00. The molecular formula is C12H16N4O3. The summed E-state index contributed by atoms with van der Waals surface area (Å²) in [5.41, 5.74) is 0.250. The molecule has 1 N–H and O–H groups in total. The third-order valence-electron chi connectivity index (χ3n) is 2.54. The number of benzene rings is 1. The molecule has 102 valence electrons. The highest BCUT2D eigenvalue weighted by Crippen LogP contribution is 2.00. The van der Waals surface area contributed by atoms with Gasteiger partial charge in [0.25, 0.3) is 0 Å². The molecule has 1 aromatic carbocycles. The van der Waals surface area contributed by atoms with Crippen molar-refractivity contribution in [1.82, 2.24) is 19.8 Å². The fourth-order valence-electron chi connectivity index (χ4n) is 1.63. The van der Waals surface area contributed by atoms with Gasteiger partial charge in [0.15, 0.2) is 0 Å². The quantitative estimate of drug-likeness (QED) is 0.783. The van der Waals surface area contributed by atoms with Gasteiger partial charge in [-0.05, 0) is 29.5 Å². The van der Waals surface area contributed by atoms with E-state index in [9.17, 15) is 9.90 Å². The zero-order valence-corrected chi connectivity index (χ0v) is 10.6. The molecule has 0 saturated carbocycles. The van der Waals surface area contributed by atoms with Gasteiger partial charge in [0.2, 0.25) is 0 Å². The molecule has 0 saturated heterocycles. The molecule has 0 aliphatic rings. The third kappa shape index (κ3) is 3.27. The molecular weight excluding hydrogens is 248 g/mol. The average Bonchev–Trinajstić information content (AvgIpc) is 2.79. The predicted molar refractivity (Wildman–Crippen MR) is 68.1 cm³/mol. The number of nitrogens with zero attached hydrogens (tertiary/aromatic N) is 4. The summed E-state index contributed by atoms with van der Waals surface area (Å²) >= 11 is 0. The molecule has 0 spiro atoms. The summed E-state index contributed by atoms with van der Waals surface area (Å²) in [6.45, 7) is 2.58. The smallest absolute Gasteiger partial charge is 0.368 e. The molecule has 0 aliphatic carbocycles. The number of tetrazole rings is 1. The average molecular weight is 264 g/mol. The number of hydrogen-bond donors (Lipinski definition) is 1. The van der Waals surface area contributed by atoms with Crippen LogP contribution in [-0.4, -0.2) is 44.2 Å². The van der Waals surface area contributed by atoms with E-state index in [1.165, 1.54) is 4.68 Å². The largest absolute Gasteiger partial charge is 0.389 e. The first kappa shape index (κ1) is 13.4. The highest BCUT2D eigenvalue weighted by atomic mass is 16.5. The summed E-state index contributed by atoms with van der Waals surface area (Å²) in [6.07, 6.45) is -0.779. The Labute approximate surface area is 110 Å². The van der Waals surface area contributed by atoms with Crippen molar-refractivity contribution in [3.8, 4) is 5.69 Å². The molecule has 1 heterocycles. The van der Waals surface area contributed by atoms with Gasteiger partial charge in [-0.15, -0.1) is 0 Å². The monoisotopic (exact) mass is 264 g/mol. The molecule has 7 heteroatoms. The maximum absolute atomic E-state index is 12.0. The molecule has 0 amide bonds. The Morgan fingerprint density at radius 3 is 2.74 bits per heavy atom. The highest BCUT2D eigenvalue weighted by Gasteiger charge is 2.12. The third-order valence-corrected chi connectivity index (χ3v) is 2.54. The molecule has 7 nitrogen and oxygen atoms in total. The minimum atomic E-state index is -0.779. The van der Waals surface area contributed by atoms with Crippen LogP contribution in [0.4, 0.5) is 0 Å². The maximum Gasteiger partial charge on any atom is 0.368 e. The lowest BCUT2D eigenvalue weighted by Crippen LogP contribution is -2.31. The van der Waals surface area contributed by atoms with Gasteiger partial charge in [-0.2, -0.15) is 9.36 Å². The van der Waals surface area contributed by atoms with Gasteiger partial charge in [-0.25, -0.2) is 4.79 Å². The van der Waals surface area contributed by atoms with Crippen LogP contribution in [0.3, 0.4) is 0 Å². The van der Waals surface area contributed by atoms with E-state index < -0.39 is 6.10 Å². The standard InChI is InChI=1S/C12H16N4O3/c1-2-19-9-11(17)8-15-12(18)16(14-13-15)10-6-4-3-5-7-10/h3-7,11,17H,2,8-9H2,1H3/t11-/m0/s1. The first-order valence-corrected chi connectivity index (χ1v) is 6.06. The molecule has 0 unspecified atom stereocenters. The second-order valence-corrected chi connectivity index (χ2v) is 4.00. The second kappa shape index (κ2) is 6.26. The fourth-order valence-corrected chi connectivity index (χ4v) is 1.63. The van der Waals surface area contributed by atoms with E-state index in [0.717, 1.165) is 4.68 Å². The number of aliphatic hydroxyl groups is 1. The van der Waals surface area contributed by atoms with Crippen LogP contribution in [0, 0.1) is 0 Å². The lowest BCUT2D eigenvalue weighted by Gasteiger charge is -2.08. The summed E-state index contributed by atoms with van der Waals surface area (Å²) in [4.78, 5) is 12.0. The SMILES string of the molecule is CCOC[C@@H](O)Cn1nnn(-c2ccccc2)c1=O. The van der Waals surface area contributed by atoms with Crippen molar-refractivity contribution in [3.63, 3.8) is 0 Å². The lowest BCUT2D eigenvalue weighted by molar-refractivity contribution is 0.0308. The molecule has 0 aliphatic heterocycles. The van der Waals surface area contributed by atoms with Crippen molar-refractivity contribution in [2.45, 2.75) is 19.6 Å². The van der Waals surface area contributed by atoms with E-state index in [1.54, 1.807) is 12.1 Å². The van der Waals surface area contributed by atoms with Crippen molar-refractivity contribution in [1.29, 1.82) is 0 Å². The number of hydrogen-bond acceptors (Lipinski definition) is 5. The van der Waals surface area contributed by atoms with Gasteiger partial charge in [0.1, 0.15) is 0 Å². The summed E-state index contributed by atoms with van der Waals surface area (Å²) in [7, 11) is 0. The van der Waals surface area contributed by atoms with Gasteiger partial charge in [-0.3, -0.25) is 0 Å². The number of rotatable bonds is 6. The van der Waals surface area contributed by atoms with Crippen molar-refractivity contribution >= 4 is 0 Å². The fraction of sp³-hybridized carbons (Fsp3) is 0.417. The Kier molecular flexibility index (Phi) is 4.43.